The molecule has 0 aliphatic carbocycles. The van der Waals surface area contributed by atoms with Crippen LogP contribution in [-0.2, 0) is 16.6 Å². The Balaban J connectivity index is 2.30. The van der Waals surface area contributed by atoms with E-state index in [1.54, 1.807) is 0 Å². The summed E-state index contributed by atoms with van der Waals surface area (Å²) in [6.07, 6.45) is 0.268. The zero-order valence-corrected chi connectivity index (χ0v) is 14.3. The molecule has 0 aromatic heterocycles. The Morgan fingerprint density at radius 1 is 1.08 bits per heavy atom. The van der Waals surface area contributed by atoms with E-state index in [9.17, 15) is 13.2 Å². The number of sulfonamides is 1. The summed E-state index contributed by atoms with van der Waals surface area (Å²) in [5.74, 6) is -1.21. The molecular weight excluding hydrogens is 344 g/mol. The first kappa shape index (κ1) is 18.9. The molecule has 8 heteroatoms. The lowest BCUT2D eigenvalue weighted by molar-refractivity contribution is 0.0696. The zero-order chi connectivity index (χ0) is 18.3. The Morgan fingerprint density at radius 3 is 2.44 bits per heavy atom. The number of aromatic carboxylic acids is 1. The molecule has 2 rings (SSSR count). The third-order valence-electron chi connectivity index (χ3n) is 3.47. The maximum absolute atomic E-state index is 12.5. The molecule has 0 radical (unpaired) electrons. The van der Waals surface area contributed by atoms with Crippen molar-refractivity contribution in [1.82, 2.24) is 4.72 Å². The number of hydrogen-bond acceptors (Lipinski definition) is 5. The number of rotatable bonds is 9. The molecule has 7 nitrogen and oxygen atoms in total. The highest BCUT2D eigenvalue weighted by molar-refractivity contribution is 7.89. The highest BCUT2D eigenvalue weighted by Gasteiger charge is 2.20. The molecule has 2 aromatic carbocycles. The van der Waals surface area contributed by atoms with Gasteiger partial charge in [0, 0.05) is 19.7 Å². The number of anilines is 1. The highest BCUT2D eigenvalue weighted by atomic mass is 32.2. The first-order valence-electron chi connectivity index (χ1n) is 7.69. The summed E-state index contributed by atoms with van der Waals surface area (Å²) in [7, 11) is -3.91. The van der Waals surface area contributed by atoms with Crippen molar-refractivity contribution in [2.45, 2.75) is 17.9 Å². The summed E-state index contributed by atoms with van der Waals surface area (Å²) in [6.45, 7) is 0.317. The van der Waals surface area contributed by atoms with Gasteiger partial charge in [-0.3, -0.25) is 0 Å². The number of aliphatic hydroxyl groups is 1. The van der Waals surface area contributed by atoms with E-state index in [2.05, 4.69) is 10.0 Å². The van der Waals surface area contributed by atoms with Crippen molar-refractivity contribution in [1.29, 1.82) is 0 Å². The Bertz CT molecular complexity index is 822. The quantitative estimate of drug-likeness (QED) is 0.503. The molecule has 0 atom stereocenters. The van der Waals surface area contributed by atoms with Gasteiger partial charge in [-0.05, 0) is 30.2 Å². The number of aliphatic hydroxyl groups excluding tert-OH is 1. The fourth-order valence-corrected chi connectivity index (χ4v) is 3.46. The fourth-order valence-electron chi connectivity index (χ4n) is 2.18. The van der Waals surface area contributed by atoms with Gasteiger partial charge in [-0.25, -0.2) is 17.9 Å². The lowest BCUT2D eigenvalue weighted by atomic mass is 10.2. The molecule has 134 valence electrons. The van der Waals surface area contributed by atoms with Gasteiger partial charge >= 0.3 is 5.97 Å². The van der Waals surface area contributed by atoms with E-state index in [-0.39, 0.29) is 30.0 Å². The van der Waals surface area contributed by atoms with Crippen molar-refractivity contribution in [2.75, 3.05) is 18.5 Å². The van der Waals surface area contributed by atoms with Gasteiger partial charge in [0.1, 0.15) is 4.90 Å². The van der Waals surface area contributed by atoms with Gasteiger partial charge in [-0.2, -0.15) is 0 Å². The first-order chi connectivity index (χ1) is 11.9. The average molecular weight is 364 g/mol. The molecule has 0 fully saturated rings. The lowest BCUT2D eigenvalue weighted by Gasteiger charge is -2.14. The number of carboxylic acid groups (broad SMARTS) is 1. The van der Waals surface area contributed by atoms with Crippen LogP contribution in [0.4, 0.5) is 5.69 Å². The summed E-state index contributed by atoms with van der Waals surface area (Å²) < 4.78 is 27.3. The summed E-state index contributed by atoms with van der Waals surface area (Å²) in [4.78, 5) is 11.0. The second kappa shape index (κ2) is 8.61. The van der Waals surface area contributed by atoms with Crippen LogP contribution in [0.15, 0.2) is 53.4 Å². The van der Waals surface area contributed by atoms with E-state index in [0.717, 1.165) is 11.6 Å². The molecule has 2 aromatic rings. The van der Waals surface area contributed by atoms with Gasteiger partial charge in [-0.15, -0.1) is 0 Å². The van der Waals surface area contributed by atoms with Crippen LogP contribution in [-0.4, -0.2) is 37.8 Å². The van der Waals surface area contributed by atoms with Gasteiger partial charge in [0.15, 0.2) is 0 Å². The minimum Gasteiger partial charge on any atom is -0.478 e. The van der Waals surface area contributed by atoms with Crippen LogP contribution >= 0.6 is 0 Å². The second-order valence-corrected chi connectivity index (χ2v) is 7.07. The predicted octanol–water partition coefficient (Wildman–Crippen LogP) is 1.66. The van der Waals surface area contributed by atoms with Crippen molar-refractivity contribution < 1.29 is 23.4 Å². The maximum atomic E-state index is 12.5. The van der Waals surface area contributed by atoms with E-state index < -0.39 is 16.0 Å². The molecule has 0 bridgehead atoms. The Hall–Kier alpha value is -2.42. The van der Waals surface area contributed by atoms with Crippen LogP contribution < -0.4 is 10.0 Å². The van der Waals surface area contributed by atoms with E-state index >= 15 is 0 Å². The van der Waals surface area contributed by atoms with Crippen LogP contribution in [0.25, 0.3) is 0 Å². The molecule has 0 amide bonds. The molecule has 0 spiro atoms. The monoisotopic (exact) mass is 364 g/mol. The Labute approximate surface area is 146 Å². The maximum Gasteiger partial charge on any atom is 0.335 e. The molecule has 0 heterocycles. The number of nitrogens with one attached hydrogen (secondary N) is 2. The van der Waals surface area contributed by atoms with E-state index in [1.165, 1.54) is 12.1 Å². The Kier molecular flexibility index (Phi) is 6.51. The SMILES string of the molecule is O=C(O)c1ccc(NCc2ccccc2)c(S(=O)(=O)NCCCO)c1. The molecule has 0 saturated carbocycles. The third-order valence-corrected chi connectivity index (χ3v) is 4.97. The molecule has 0 saturated heterocycles. The van der Waals surface area contributed by atoms with Crippen molar-refractivity contribution in [3.05, 3.63) is 59.7 Å². The van der Waals surface area contributed by atoms with E-state index in [1.807, 2.05) is 30.3 Å². The van der Waals surface area contributed by atoms with Crippen LogP contribution in [0.3, 0.4) is 0 Å². The normalized spacial score (nSPS) is 11.2. The summed E-state index contributed by atoms with van der Waals surface area (Å²) in [6, 6.07) is 13.3. The standard InChI is InChI=1S/C17H20N2O5S/c20-10-4-9-19-25(23,24)16-11-14(17(21)22)7-8-15(16)18-12-13-5-2-1-3-6-13/h1-3,5-8,11,18-20H,4,9-10,12H2,(H,21,22). The molecule has 4 N–H and O–H groups in total. The van der Waals surface area contributed by atoms with Gasteiger partial charge in [-0.1, -0.05) is 30.3 Å². The number of hydrogen-bond donors (Lipinski definition) is 4. The second-order valence-electron chi connectivity index (χ2n) is 5.33. The highest BCUT2D eigenvalue weighted by Crippen LogP contribution is 2.23. The van der Waals surface area contributed by atoms with E-state index in [0.29, 0.717) is 12.2 Å². The summed E-state index contributed by atoms with van der Waals surface area (Å²) in [5, 5.41) is 20.9. The minimum atomic E-state index is -3.91. The third kappa shape index (κ3) is 5.28. The molecule has 0 aliphatic heterocycles. The largest absolute Gasteiger partial charge is 0.478 e. The topological polar surface area (TPSA) is 116 Å². The Morgan fingerprint density at radius 2 is 1.80 bits per heavy atom. The van der Waals surface area contributed by atoms with E-state index in [4.69, 9.17) is 10.2 Å². The first-order valence-corrected chi connectivity index (χ1v) is 9.18. The number of benzene rings is 2. The van der Waals surface area contributed by atoms with Gasteiger partial charge in [0.25, 0.3) is 0 Å². The zero-order valence-electron chi connectivity index (χ0n) is 13.5. The summed E-state index contributed by atoms with van der Waals surface area (Å²) in [5.41, 5.74) is 1.15. The van der Waals surface area contributed by atoms with Crippen LogP contribution in [0.2, 0.25) is 0 Å². The van der Waals surface area contributed by atoms with Crippen molar-refractivity contribution in [3.8, 4) is 0 Å². The molecular formula is C17H20N2O5S. The molecule has 0 aliphatic rings. The summed E-state index contributed by atoms with van der Waals surface area (Å²) >= 11 is 0. The number of carboxylic acids is 1. The molecule has 25 heavy (non-hydrogen) atoms. The van der Waals surface area contributed by atoms with Crippen molar-refractivity contribution in [3.63, 3.8) is 0 Å². The van der Waals surface area contributed by atoms with Crippen molar-refractivity contribution in [2.24, 2.45) is 0 Å². The van der Waals surface area contributed by atoms with Gasteiger partial charge < -0.3 is 15.5 Å². The minimum absolute atomic E-state index is 0.0637. The van der Waals surface area contributed by atoms with Gasteiger partial charge in [0.2, 0.25) is 10.0 Å². The average Bonchev–Trinajstić information content (AvgIpc) is 2.60. The number of carbonyl (C=O) groups is 1. The van der Waals surface area contributed by atoms with Crippen LogP contribution in [0.5, 0.6) is 0 Å². The van der Waals surface area contributed by atoms with Crippen molar-refractivity contribution >= 4 is 21.7 Å². The van der Waals surface area contributed by atoms with Crippen LogP contribution in [0.1, 0.15) is 22.3 Å². The van der Waals surface area contributed by atoms with Crippen LogP contribution in [0, 0.1) is 0 Å². The van der Waals surface area contributed by atoms with Gasteiger partial charge in [0.05, 0.1) is 11.3 Å². The smallest absolute Gasteiger partial charge is 0.335 e. The lowest BCUT2D eigenvalue weighted by Crippen LogP contribution is -2.26. The predicted molar refractivity (Wildman–Crippen MR) is 94.1 cm³/mol. The molecule has 0 unspecified atom stereocenters. The fraction of sp³-hybridized carbons (Fsp3) is 0.235.